The van der Waals surface area contributed by atoms with Gasteiger partial charge in [0.25, 0.3) is 0 Å². The van der Waals surface area contributed by atoms with Gasteiger partial charge >= 0.3 is 0 Å². The van der Waals surface area contributed by atoms with Crippen molar-refractivity contribution in [1.29, 1.82) is 0 Å². The van der Waals surface area contributed by atoms with Gasteiger partial charge in [0.05, 0.1) is 23.3 Å². The molecule has 0 bridgehead atoms. The first-order chi connectivity index (χ1) is 13.8. The smallest absolute Gasteiger partial charge is 0.248 e. The lowest BCUT2D eigenvalue weighted by atomic mass is 9.98. The summed E-state index contributed by atoms with van der Waals surface area (Å²) in [5.41, 5.74) is 2.75. The maximum Gasteiger partial charge on any atom is 0.248 e. The van der Waals surface area contributed by atoms with Crippen LogP contribution in [0.2, 0.25) is 0 Å². The van der Waals surface area contributed by atoms with Gasteiger partial charge in [0.2, 0.25) is 15.9 Å². The molecule has 10 heteroatoms. The van der Waals surface area contributed by atoms with Gasteiger partial charge in [-0.1, -0.05) is 5.16 Å². The van der Waals surface area contributed by atoms with Crippen molar-refractivity contribution in [2.75, 3.05) is 18.4 Å². The van der Waals surface area contributed by atoms with Crippen LogP contribution >= 0.6 is 0 Å². The first-order valence-electron chi connectivity index (χ1n) is 9.42. The molecule has 0 spiro atoms. The standard InChI is InChI=1S/C19H23N5O4S/c1-12-18(13(2)28-22-12)29(26,27)24-8-4-5-14(10-24)19(25)21-15-6-7-16-17(9-15)23(3)11-20-16/h6-7,9,11,14H,4-5,8,10H2,1-3H3,(H,21,25)/t14-/m1/s1. The van der Waals surface area contributed by atoms with E-state index in [1.54, 1.807) is 26.2 Å². The molecule has 154 valence electrons. The Bertz CT molecular complexity index is 1160. The summed E-state index contributed by atoms with van der Waals surface area (Å²) in [7, 11) is -1.87. The summed E-state index contributed by atoms with van der Waals surface area (Å²) in [6.07, 6.45) is 2.96. The number of nitrogens with one attached hydrogen (secondary N) is 1. The van der Waals surface area contributed by atoms with E-state index in [9.17, 15) is 13.2 Å². The summed E-state index contributed by atoms with van der Waals surface area (Å²) in [6.45, 7) is 3.69. The average Bonchev–Trinajstić information content (AvgIpc) is 3.24. The molecule has 1 aliphatic heterocycles. The van der Waals surface area contributed by atoms with Crippen molar-refractivity contribution in [3.63, 3.8) is 0 Å². The lowest BCUT2D eigenvalue weighted by Crippen LogP contribution is -2.43. The minimum absolute atomic E-state index is 0.0974. The Kier molecular flexibility index (Phi) is 4.91. The van der Waals surface area contributed by atoms with E-state index in [2.05, 4.69) is 15.5 Å². The van der Waals surface area contributed by atoms with E-state index in [-0.39, 0.29) is 23.1 Å². The first-order valence-corrected chi connectivity index (χ1v) is 10.9. The molecule has 4 rings (SSSR count). The van der Waals surface area contributed by atoms with E-state index in [4.69, 9.17) is 4.52 Å². The van der Waals surface area contributed by atoms with Crippen LogP contribution < -0.4 is 5.32 Å². The zero-order valence-corrected chi connectivity index (χ0v) is 17.4. The van der Waals surface area contributed by atoms with Gasteiger partial charge in [-0.15, -0.1) is 0 Å². The molecule has 0 aliphatic carbocycles. The van der Waals surface area contributed by atoms with Gasteiger partial charge in [0.15, 0.2) is 5.76 Å². The lowest BCUT2D eigenvalue weighted by Gasteiger charge is -2.31. The number of carbonyl (C=O) groups excluding carboxylic acids is 1. The number of aromatic nitrogens is 3. The molecule has 1 saturated heterocycles. The van der Waals surface area contributed by atoms with Crippen molar-refractivity contribution in [2.24, 2.45) is 13.0 Å². The molecule has 3 heterocycles. The number of piperidine rings is 1. The van der Waals surface area contributed by atoms with E-state index >= 15 is 0 Å². The summed E-state index contributed by atoms with van der Waals surface area (Å²) >= 11 is 0. The Balaban J connectivity index is 1.51. The zero-order valence-electron chi connectivity index (χ0n) is 16.5. The number of hydrogen-bond donors (Lipinski definition) is 1. The second-order valence-electron chi connectivity index (χ2n) is 7.40. The van der Waals surface area contributed by atoms with E-state index in [1.165, 1.54) is 4.31 Å². The third kappa shape index (κ3) is 3.53. The van der Waals surface area contributed by atoms with Crippen molar-refractivity contribution < 1.29 is 17.7 Å². The molecule has 29 heavy (non-hydrogen) atoms. The second-order valence-corrected chi connectivity index (χ2v) is 9.28. The summed E-state index contributed by atoms with van der Waals surface area (Å²) in [5, 5.41) is 6.67. The predicted octanol–water partition coefficient (Wildman–Crippen LogP) is 2.22. The Labute approximate surface area is 168 Å². The maximum atomic E-state index is 13.1. The minimum Gasteiger partial charge on any atom is -0.360 e. The summed E-state index contributed by atoms with van der Waals surface area (Å²) in [4.78, 5) is 17.2. The molecule has 1 aliphatic rings. The summed E-state index contributed by atoms with van der Waals surface area (Å²) < 4.78 is 34.4. The van der Waals surface area contributed by atoms with Crippen molar-refractivity contribution in [3.8, 4) is 0 Å². The summed E-state index contributed by atoms with van der Waals surface area (Å²) in [5.74, 6) is -0.357. The van der Waals surface area contributed by atoms with Crippen LogP contribution in [0.15, 0.2) is 33.9 Å². The van der Waals surface area contributed by atoms with Crippen molar-refractivity contribution in [1.82, 2.24) is 19.0 Å². The molecule has 0 unspecified atom stereocenters. The van der Waals surface area contributed by atoms with Crippen LogP contribution in [0.3, 0.4) is 0 Å². The van der Waals surface area contributed by atoms with E-state index in [0.29, 0.717) is 30.8 Å². The highest BCUT2D eigenvalue weighted by atomic mass is 32.2. The fourth-order valence-corrected chi connectivity index (χ4v) is 5.61. The molecule has 2 aromatic heterocycles. The number of benzene rings is 1. The zero-order chi connectivity index (χ0) is 20.8. The number of fused-ring (bicyclic) bond motifs is 1. The topological polar surface area (TPSA) is 110 Å². The molecule has 1 N–H and O–H groups in total. The quantitative estimate of drug-likeness (QED) is 0.697. The van der Waals surface area contributed by atoms with Crippen LogP contribution in [0.1, 0.15) is 24.3 Å². The van der Waals surface area contributed by atoms with Gasteiger partial charge in [-0.25, -0.2) is 13.4 Å². The van der Waals surface area contributed by atoms with Gasteiger partial charge < -0.3 is 14.4 Å². The lowest BCUT2D eigenvalue weighted by molar-refractivity contribution is -0.120. The molecule has 0 radical (unpaired) electrons. The summed E-state index contributed by atoms with van der Waals surface area (Å²) in [6, 6.07) is 5.51. The molecular formula is C19H23N5O4S. The number of hydrogen-bond acceptors (Lipinski definition) is 6. The SMILES string of the molecule is Cc1noc(C)c1S(=O)(=O)N1CCC[C@@H](C(=O)Nc2ccc3ncn(C)c3c2)C1. The number of imidazole rings is 1. The molecule has 1 atom stereocenters. The van der Waals surface area contributed by atoms with Crippen LogP contribution in [0, 0.1) is 19.8 Å². The molecular weight excluding hydrogens is 394 g/mol. The highest BCUT2D eigenvalue weighted by molar-refractivity contribution is 7.89. The van der Waals surface area contributed by atoms with Crippen molar-refractivity contribution >= 4 is 32.7 Å². The number of amides is 1. The van der Waals surface area contributed by atoms with E-state index in [0.717, 1.165) is 11.0 Å². The van der Waals surface area contributed by atoms with E-state index < -0.39 is 15.9 Å². The Morgan fingerprint density at radius 2 is 2.10 bits per heavy atom. The maximum absolute atomic E-state index is 13.1. The number of aryl methyl sites for hydroxylation is 3. The largest absolute Gasteiger partial charge is 0.360 e. The Hall–Kier alpha value is -2.72. The van der Waals surface area contributed by atoms with Crippen LogP contribution in [-0.2, 0) is 21.9 Å². The normalized spacial score (nSPS) is 18.2. The predicted molar refractivity (Wildman–Crippen MR) is 107 cm³/mol. The number of nitrogens with zero attached hydrogens (tertiary/aromatic N) is 4. The van der Waals surface area contributed by atoms with Gasteiger partial charge in [-0.05, 0) is 44.9 Å². The third-order valence-corrected chi connectivity index (χ3v) is 7.42. The number of sulfonamides is 1. The number of rotatable bonds is 4. The minimum atomic E-state index is -3.76. The highest BCUT2D eigenvalue weighted by Gasteiger charge is 2.36. The van der Waals surface area contributed by atoms with E-state index in [1.807, 2.05) is 23.7 Å². The van der Waals surface area contributed by atoms with Crippen molar-refractivity contribution in [3.05, 3.63) is 36.0 Å². The fraction of sp³-hybridized carbons (Fsp3) is 0.421. The van der Waals surface area contributed by atoms with Crippen LogP contribution in [0.25, 0.3) is 11.0 Å². The Morgan fingerprint density at radius 3 is 2.83 bits per heavy atom. The molecule has 1 amide bonds. The Morgan fingerprint density at radius 1 is 1.31 bits per heavy atom. The number of carbonyl (C=O) groups is 1. The number of anilines is 1. The average molecular weight is 417 g/mol. The monoisotopic (exact) mass is 417 g/mol. The molecule has 3 aromatic rings. The first kappa shape index (κ1) is 19.6. The second kappa shape index (κ2) is 7.27. The molecule has 0 saturated carbocycles. The molecule has 1 aromatic carbocycles. The van der Waals surface area contributed by atoms with Gasteiger partial charge in [-0.3, -0.25) is 4.79 Å². The molecule has 1 fully saturated rings. The molecule has 9 nitrogen and oxygen atoms in total. The van der Waals surface area contributed by atoms with Gasteiger partial charge in [-0.2, -0.15) is 4.31 Å². The van der Waals surface area contributed by atoms with Crippen LogP contribution in [0.5, 0.6) is 0 Å². The fourth-order valence-electron chi connectivity index (χ4n) is 3.79. The van der Waals surface area contributed by atoms with Crippen LogP contribution in [-0.4, -0.2) is 46.4 Å². The highest BCUT2D eigenvalue weighted by Crippen LogP contribution is 2.28. The van der Waals surface area contributed by atoms with Gasteiger partial charge in [0.1, 0.15) is 10.6 Å². The van der Waals surface area contributed by atoms with Gasteiger partial charge in [0, 0.05) is 25.8 Å². The van der Waals surface area contributed by atoms with Crippen LogP contribution in [0.4, 0.5) is 5.69 Å². The van der Waals surface area contributed by atoms with Crippen molar-refractivity contribution in [2.45, 2.75) is 31.6 Å². The third-order valence-electron chi connectivity index (χ3n) is 5.31.